The van der Waals surface area contributed by atoms with Crippen LogP contribution in [-0.4, -0.2) is 71.1 Å². The molecule has 5 rings (SSSR count). The van der Waals surface area contributed by atoms with Crippen LogP contribution in [0.1, 0.15) is 31.2 Å². The molecule has 2 fully saturated rings. The van der Waals surface area contributed by atoms with Crippen molar-refractivity contribution in [3.8, 4) is 11.1 Å². The normalized spacial score (nSPS) is 18.4. The van der Waals surface area contributed by atoms with E-state index in [1.54, 1.807) is 17.5 Å². The van der Waals surface area contributed by atoms with E-state index in [1.807, 2.05) is 19.1 Å². The first-order chi connectivity index (χ1) is 18.1. The molecule has 2 aliphatic rings. The number of pyridine rings is 1. The van der Waals surface area contributed by atoms with Gasteiger partial charge in [-0.1, -0.05) is 6.92 Å². The minimum absolute atomic E-state index is 0.0160. The fourth-order valence-electron chi connectivity index (χ4n) is 5.12. The molecule has 0 bridgehead atoms. The zero-order valence-corrected chi connectivity index (χ0v) is 21.3. The van der Waals surface area contributed by atoms with Crippen molar-refractivity contribution in [3.63, 3.8) is 0 Å². The Bertz CT molecular complexity index is 1340. The van der Waals surface area contributed by atoms with Crippen LogP contribution in [0.3, 0.4) is 0 Å². The van der Waals surface area contributed by atoms with Gasteiger partial charge in [0.2, 0.25) is 0 Å². The number of carbonyl (C=O) groups excluding carboxylic acids is 1. The third-order valence-corrected chi connectivity index (χ3v) is 7.07. The second-order valence-corrected chi connectivity index (χ2v) is 9.85. The highest BCUT2D eigenvalue weighted by molar-refractivity contribution is 5.91. The average molecular weight is 535 g/mol. The molecular weight excluding hydrogens is 504 g/mol. The maximum atomic E-state index is 14.9. The van der Waals surface area contributed by atoms with Gasteiger partial charge in [0.1, 0.15) is 11.6 Å². The lowest BCUT2D eigenvalue weighted by Crippen LogP contribution is -2.37. The quantitative estimate of drug-likeness (QED) is 0.464. The number of aromatic nitrogens is 3. The van der Waals surface area contributed by atoms with E-state index in [0.29, 0.717) is 55.3 Å². The smallest absolute Gasteiger partial charge is 0.378 e. The van der Waals surface area contributed by atoms with Crippen LogP contribution in [0, 0.1) is 18.7 Å². The fourth-order valence-corrected chi connectivity index (χ4v) is 5.12. The first kappa shape index (κ1) is 26.2. The molecule has 12 heteroatoms. The van der Waals surface area contributed by atoms with Crippen LogP contribution in [0.5, 0.6) is 0 Å². The number of ether oxygens (including phenoxy) is 1. The van der Waals surface area contributed by atoms with Crippen LogP contribution in [0.4, 0.5) is 33.9 Å². The number of nitrogens with zero attached hydrogens (tertiary/aromatic N) is 5. The minimum atomic E-state index is -4.28. The van der Waals surface area contributed by atoms with E-state index >= 15 is 0 Å². The molecule has 4 heterocycles. The van der Waals surface area contributed by atoms with E-state index in [0.717, 1.165) is 11.4 Å². The first-order valence-corrected chi connectivity index (χ1v) is 12.8. The zero-order valence-electron chi connectivity index (χ0n) is 21.3. The SMILES string of the molecule is CCc1nc2cc(-c3cc(NC(=O)N4CC[C@@H](CC(F)(F)F)C4)c(F)cc3C)cc(N3CCOCC3)n2n1. The predicted octanol–water partition coefficient (Wildman–Crippen LogP) is 5.05. The summed E-state index contributed by atoms with van der Waals surface area (Å²) in [5, 5.41) is 7.21. The lowest BCUT2D eigenvalue weighted by molar-refractivity contribution is -0.143. The van der Waals surface area contributed by atoms with Crippen molar-refractivity contribution in [2.45, 2.75) is 39.3 Å². The highest BCUT2D eigenvalue weighted by atomic mass is 19.4. The molecule has 204 valence electrons. The van der Waals surface area contributed by atoms with Crippen molar-refractivity contribution in [1.82, 2.24) is 19.5 Å². The summed E-state index contributed by atoms with van der Waals surface area (Å²) >= 11 is 0. The molecule has 2 aliphatic heterocycles. The van der Waals surface area contributed by atoms with Crippen molar-refractivity contribution < 1.29 is 27.1 Å². The number of fused-ring (bicyclic) bond motifs is 1. The van der Waals surface area contributed by atoms with Crippen molar-refractivity contribution in [1.29, 1.82) is 0 Å². The van der Waals surface area contributed by atoms with E-state index in [2.05, 4.69) is 20.3 Å². The number of morpholine rings is 1. The summed E-state index contributed by atoms with van der Waals surface area (Å²) in [7, 11) is 0. The molecule has 0 saturated carbocycles. The molecule has 0 spiro atoms. The third kappa shape index (κ3) is 5.54. The molecule has 0 radical (unpaired) electrons. The first-order valence-electron chi connectivity index (χ1n) is 12.8. The zero-order chi connectivity index (χ0) is 27.0. The molecule has 2 aromatic heterocycles. The number of likely N-dealkylation sites (tertiary alicyclic amines) is 1. The lowest BCUT2D eigenvalue weighted by atomic mass is 10.00. The molecule has 1 N–H and O–H groups in total. The van der Waals surface area contributed by atoms with Crippen LogP contribution in [0.2, 0.25) is 0 Å². The van der Waals surface area contributed by atoms with Crippen LogP contribution in [0.15, 0.2) is 24.3 Å². The van der Waals surface area contributed by atoms with Gasteiger partial charge in [-0.05, 0) is 60.2 Å². The maximum absolute atomic E-state index is 14.9. The summed E-state index contributed by atoms with van der Waals surface area (Å²) in [6, 6.07) is 6.15. The van der Waals surface area contributed by atoms with Gasteiger partial charge in [-0.15, -0.1) is 5.10 Å². The van der Waals surface area contributed by atoms with Gasteiger partial charge in [-0.2, -0.15) is 17.7 Å². The summed E-state index contributed by atoms with van der Waals surface area (Å²) in [6.45, 7) is 6.50. The Morgan fingerprint density at radius 3 is 2.63 bits per heavy atom. The molecule has 0 unspecified atom stereocenters. The molecule has 2 amide bonds. The maximum Gasteiger partial charge on any atom is 0.389 e. The number of nitrogens with one attached hydrogen (secondary N) is 1. The van der Waals surface area contributed by atoms with Crippen LogP contribution in [-0.2, 0) is 11.2 Å². The number of amides is 2. The van der Waals surface area contributed by atoms with E-state index < -0.39 is 30.4 Å². The summed E-state index contributed by atoms with van der Waals surface area (Å²) in [5.74, 6) is 0.279. The van der Waals surface area contributed by atoms with Gasteiger partial charge in [0, 0.05) is 39.0 Å². The highest BCUT2D eigenvalue weighted by Crippen LogP contribution is 2.34. The second-order valence-electron chi connectivity index (χ2n) is 9.85. The average Bonchev–Trinajstić information content (AvgIpc) is 3.51. The Kier molecular flexibility index (Phi) is 7.17. The molecule has 8 nitrogen and oxygen atoms in total. The number of hydrogen-bond donors (Lipinski definition) is 1. The van der Waals surface area contributed by atoms with Gasteiger partial charge in [0.25, 0.3) is 0 Å². The lowest BCUT2D eigenvalue weighted by Gasteiger charge is -2.29. The number of carbonyl (C=O) groups is 1. The molecule has 2 saturated heterocycles. The van der Waals surface area contributed by atoms with Gasteiger partial charge in [0.15, 0.2) is 11.5 Å². The fraction of sp³-hybridized carbons (Fsp3) is 0.500. The number of hydrogen-bond acceptors (Lipinski definition) is 5. The summed E-state index contributed by atoms with van der Waals surface area (Å²) < 4.78 is 60.5. The molecule has 1 aromatic carbocycles. The van der Waals surface area contributed by atoms with Gasteiger partial charge in [-0.25, -0.2) is 14.2 Å². The van der Waals surface area contributed by atoms with Gasteiger partial charge >= 0.3 is 12.2 Å². The van der Waals surface area contributed by atoms with E-state index in [4.69, 9.17) is 4.74 Å². The number of aryl methyl sites for hydroxylation is 2. The van der Waals surface area contributed by atoms with Gasteiger partial charge in [-0.3, -0.25) is 0 Å². The number of anilines is 2. The number of alkyl halides is 3. The summed E-state index contributed by atoms with van der Waals surface area (Å²) in [5.41, 5.74) is 2.78. The van der Waals surface area contributed by atoms with E-state index in [1.165, 1.54) is 11.0 Å². The highest BCUT2D eigenvalue weighted by Gasteiger charge is 2.36. The summed E-state index contributed by atoms with van der Waals surface area (Å²) in [4.78, 5) is 20.9. The Morgan fingerprint density at radius 1 is 1.16 bits per heavy atom. The topological polar surface area (TPSA) is 75.0 Å². The van der Waals surface area contributed by atoms with Crippen molar-refractivity contribution in [2.24, 2.45) is 5.92 Å². The van der Waals surface area contributed by atoms with Crippen LogP contribution < -0.4 is 10.2 Å². The van der Waals surface area contributed by atoms with E-state index in [9.17, 15) is 22.4 Å². The monoisotopic (exact) mass is 534 g/mol. The Balaban J connectivity index is 1.45. The molecule has 1 atom stereocenters. The van der Waals surface area contributed by atoms with Gasteiger partial charge < -0.3 is 19.9 Å². The second kappa shape index (κ2) is 10.4. The predicted molar refractivity (Wildman–Crippen MR) is 135 cm³/mol. The Labute approximate surface area is 217 Å². The molecule has 3 aromatic rings. The van der Waals surface area contributed by atoms with Crippen LogP contribution in [0.25, 0.3) is 16.8 Å². The number of urea groups is 1. The van der Waals surface area contributed by atoms with E-state index in [-0.39, 0.29) is 25.2 Å². The Morgan fingerprint density at radius 2 is 1.92 bits per heavy atom. The Hall–Kier alpha value is -3.41. The number of rotatable bonds is 5. The number of benzene rings is 1. The largest absolute Gasteiger partial charge is 0.389 e. The molecule has 0 aliphatic carbocycles. The number of halogens is 4. The van der Waals surface area contributed by atoms with Crippen LogP contribution >= 0.6 is 0 Å². The van der Waals surface area contributed by atoms with Crippen molar-refractivity contribution in [2.75, 3.05) is 49.6 Å². The third-order valence-electron chi connectivity index (χ3n) is 7.07. The van der Waals surface area contributed by atoms with Gasteiger partial charge in [0.05, 0.1) is 18.9 Å². The molecular formula is C26H30F4N6O2. The van der Waals surface area contributed by atoms with Crippen molar-refractivity contribution in [3.05, 3.63) is 41.5 Å². The van der Waals surface area contributed by atoms with Crippen molar-refractivity contribution >= 4 is 23.2 Å². The standard InChI is InChI=1S/C26H30F4N6O2/c1-3-22-32-23-11-18(12-24(36(23)33-22)34-6-8-38-9-7-34)19-13-21(20(27)10-16(19)2)31-25(37)35-5-4-17(15-35)14-26(28,29)30/h10-13,17H,3-9,14-15H2,1-2H3,(H,31,37)/t17-/m0/s1. The minimum Gasteiger partial charge on any atom is -0.378 e. The molecule has 38 heavy (non-hydrogen) atoms. The summed E-state index contributed by atoms with van der Waals surface area (Å²) in [6.07, 6.45) is -4.28.